The van der Waals surface area contributed by atoms with Crippen LogP contribution in [0, 0.1) is 18.7 Å². The van der Waals surface area contributed by atoms with Crippen molar-refractivity contribution >= 4 is 16.7 Å². The van der Waals surface area contributed by atoms with Gasteiger partial charge in [-0.2, -0.15) is 0 Å². The van der Waals surface area contributed by atoms with E-state index in [1.54, 1.807) is 12.3 Å². The quantitative estimate of drug-likeness (QED) is 0.715. The summed E-state index contributed by atoms with van der Waals surface area (Å²) >= 11 is 0. The molecule has 0 spiro atoms. The van der Waals surface area contributed by atoms with Gasteiger partial charge in [0.25, 0.3) is 0 Å². The van der Waals surface area contributed by atoms with Gasteiger partial charge < -0.3 is 9.64 Å². The van der Waals surface area contributed by atoms with Gasteiger partial charge in [0.1, 0.15) is 23.7 Å². The van der Waals surface area contributed by atoms with Crippen LogP contribution in [-0.2, 0) is 0 Å². The number of ether oxygens (including phenoxy) is 1. The molecule has 0 radical (unpaired) electrons. The molecule has 0 amide bonds. The lowest BCUT2D eigenvalue weighted by Gasteiger charge is -2.34. The molecule has 1 unspecified atom stereocenters. The second-order valence-electron chi connectivity index (χ2n) is 6.76. The Morgan fingerprint density at radius 1 is 1.19 bits per heavy atom. The number of rotatable bonds is 4. The first kappa shape index (κ1) is 16.7. The predicted molar refractivity (Wildman–Crippen MR) is 98.9 cm³/mol. The number of benzene rings is 1. The Labute approximate surface area is 151 Å². The fraction of sp³-hybridized carbons (Fsp3) is 0.350. The van der Waals surface area contributed by atoms with Gasteiger partial charge in [-0.3, -0.25) is 4.98 Å². The molecule has 6 heteroatoms. The number of aromatic nitrogens is 3. The summed E-state index contributed by atoms with van der Waals surface area (Å²) in [5.41, 5.74) is 1.59. The van der Waals surface area contributed by atoms with Crippen LogP contribution in [0.4, 0.5) is 10.2 Å². The molecule has 1 aromatic carbocycles. The Kier molecular flexibility index (Phi) is 4.65. The second kappa shape index (κ2) is 7.23. The SMILES string of the molecule is Cc1cc(OCC2CCCN(c3ncnc4cc(F)ccc34)C2)ccn1. The molecule has 0 N–H and O–H groups in total. The molecule has 0 saturated carbocycles. The topological polar surface area (TPSA) is 51.1 Å². The van der Waals surface area contributed by atoms with Crippen molar-refractivity contribution in [1.29, 1.82) is 0 Å². The first-order valence-corrected chi connectivity index (χ1v) is 8.90. The van der Waals surface area contributed by atoms with E-state index < -0.39 is 0 Å². The summed E-state index contributed by atoms with van der Waals surface area (Å²) in [7, 11) is 0. The van der Waals surface area contributed by atoms with E-state index in [1.165, 1.54) is 18.5 Å². The van der Waals surface area contributed by atoms with E-state index in [0.29, 0.717) is 18.0 Å². The fourth-order valence-corrected chi connectivity index (χ4v) is 3.48. The van der Waals surface area contributed by atoms with Crippen LogP contribution in [-0.4, -0.2) is 34.6 Å². The van der Waals surface area contributed by atoms with Crippen LogP contribution in [0.15, 0.2) is 42.9 Å². The predicted octanol–water partition coefficient (Wildman–Crippen LogP) is 3.77. The third kappa shape index (κ3) is 3.59. The van der Waals surface area contributed by atoms with Crippen molar-refractivity contribution in [2.24, 2.45) is 5.92 Å². The summed E-state index contributed by atoms with van der Waals surface area (Å²) in [4.78, 5) is 15.1. The standard InChI is InChI=1S/C20H21FN4O/c1-14-9-17(6-7-22-14)26-12-15-3-2-8-25(11-15)20-18-5-4-16(21)10-19(18)23-13-24-20/h4-7,9-10,13,15H,2-3,8,11-12H2,1H3. The van der Waals surface area contributed by atoms with Gasteiger partial charge in [0.05, 0.1) is 12.1 Å². The van der Waals surface area contributed by atoms with Crippen LogP contribution >= 0.6 is 0 Å². The Hall–Kier alpha value is -2.76. The minimum absolute atomic E-state index is 0.278. The van der Waals surface area contributed by atoms with Crippen molar-refractivity contribution in [3.8, 4) is 5.75 Å². The van der Waals surface area contributed by atoms with Crippen molar-refractivity contribution in [2.45, 2.75) is 19.8 Å². The zero-order chi connectivity index (χ0) is 17.9. The minimum atomic E-state index is -0.278. The minimum Gasteiger partial charge on any atom is -0.493 e. The van der Waals surface area contributed by atoms with E-state index in [2.05, 4.69) is 19.9 Å². The van der Waals surface area contributed by atoms with Crippen molar-refractivity contribution in [3.05, 3.63) is 54.4 Å². The van der Waals surface area contributed by atoms with Gasteiger partial charge >= 0.3 is 0 Å². The highest BCUT2D eigenvalue weighted by Gasteiger charge is 2.23. The number of anilines is 1. The van der Waals surface area contributed by atoms with E-state index in [-0.39, 0.29) is 5.82 Å². The largest absolute Gasteiger partial charge is 0.493 e. The number of fused-ring (bicyclic) bond motifs is 1. The average Bonchev–Trinajstić information content (AvgIpc) is 2.66. The third-order valence-electron chi connectivity index (χ3n) is 4.75. The lowest BCUT2D eigenvalue weighted by Crippen LogP contribution is -2.38. The fourth-order valence-electron chi connectivity index (χ4n) is 3.48. The van der Waals surface area contributed by atoms with Gasteiger partial charge in [0, 0.05) is 48.4 Å². The second-order valence-corrected chi connectivity index (χ2v) is 6.76. The molecule has 1 atom stereocenters. The van der Waals surface area contributed by atoms with Gasteiger partial charge in [-0.25, -0.2) is 14.4 Å². The lowest BCUT2D eigenvalue weighted by atomic mass is 9.98. The summed E-state index contributed by atoms with van der Waals surface area (Å²) in [5.74, 6) is 1.87. The molecule has 3 heterocycles. The molecule has 5 nitrogen and oxygen atoms in total. The summed E-state index contributed by atoms with van der Waals surface area (Å²) < 4.78 is 19.4. The van der Waals surface area contributed by atoms with E-state index >= 15 is 0 Å². The Balaban J connectivity index is 1.48. The molecule has 3 aromatic rings. The summed E-state index contributed by atoms with van der Waals surface area (Å²) in [5, 5.41) is 0.889. The maximum absolute atomic E-state index is 13.5. The van der Waals surface area contributed by atoms with Crippen LogP contribution in [0.3, 0.4) is 0 Å². The maximum atomic E-state index is 13.5. The van der Waals surface area contributed by atoms with Crippen LogP contribution in [0.1, 0.15) is 18.5 Å². The molecule has 1 fully saturated rings. The molecule has 1 aliphatic rings. The molecule has 0 bridgehead atoms. The number of hydrogen-bond acceptors (Lipinski definition) is 5. The number of aryl methyl sites for hydroxylation is 1. The summed E-state index contributed by atoms with van der Waals surface area (Å²) in [6, 6.07) is 8.52. The molecule has 0 aliphatic carbocycles. The highest BCUT2D eigenvalue weighted by atomic mass is 19.1. The summed E-state index contributed by atoms with van der Waals surface area (Å²) in [6.07, 6.45) is 5.48. The molecular formula is C20H21FN4O. The number of hydrogen-bond donors (Lipinski definition) is 0. The van der Waals surface area contributed by atoms with Crippen LogP contribution < -0.4 is 9.64 Å². The first-order valence-electron chi connectivity index (χ1n) is 8.90. The smallest absolute Gasteiger partial charge is 0.139 e. The highest BCUT2D eigenvalue weighted by molar-refractivity contribution is 5.89. The van der Waals surface area contributed by atoms with Gasteiger partial charge in [-0.1, -0.05) is 0 Å². The van der Waals surface area contributed by atoms with Crippen molar-refractivity contribution in [3.63, 3.8) is 0 Å². The lowest BCUT2D eigenvalue weighted by molar-refractivity contribution is 0.228. The van der Waals surface area contributed by atoms with E-state index in [9.17, 15) is 4.39 Å². The molecule has 4 rings (SSSR count). The van der Waals surface area contributed by atoms with Crippen molar-refractivity contribution < 1.29 is 9.13 Å². The molecule has 26 heavy (non-hydrogen) atoms. The Bertz CT molecular complexity index is 917. The number of halogens is 1. The number of pyridine rings is 1. The number of nitrogens with zero attached hydrogens (tertiary/aromatic N) is 4. The van der Waals surface area contributed by atoms with Crippen LogP contribution in [0.25, 0.3) is 10.9 Å². The van der Waals surface area contributed by atoms with Gasteiger partial charge in [0.2, 0.25) is 0 Å². The van der Waals surface area contributed by atoms with E-state index in [1.807, 2.05) is 19.1 Å². The normalized spacial score (nSPS) is 17.5. The molecule has 1 aliphatic heterocycles. The summed E-state index contributed by atoms with van der Waals surface area (Å²) in [6.45, 7) is 4.43. The van der Waals surface area contributed by atoms with Crippen LogP contribution in [0.2, 0.25) is 0 Å². The van der Waals surface area contributed by atoms with Gasteiger partial charge in [-0.15, -0.1) is 0 Å². The van der Waals surface area contributed by atoms with E-state index in [4.69, 9.17) is 4.74 Å². The Morgan fingerprint density at radius 2 is 2.12 bits per heavy atom. The van der Waals surface area contributed by atoms with Crippen molar-refractivity contribution in [1.82, 2.24) is 15.0 Å². The molecule has 134 valence electrons. The monoisotopic (exact) mass is 352 g/mol. The van der Waals surface area contributed by atoms with Crippen molar-refractivity contribution in [2.75, 3.05) is 24.6 Å². The van der Waals surface area contributed by atoms with Crippen LogP contribution in [0.5, 0.6) is 5.75 Å². The average molecular weight is 352 g/mol. The maximum Gasteiger partial charge on any atom is 0.139 e. The zero-order valence-electron chi connectivity index (χ0n) is 14.7. The Morgan fingerprint density at radius 3 is 3.00 bits per heavy atom. The molecule has 2 aromatic heterocycles. The number of piperidine rings is 1. The first-order chi connectivity index (χ1) is 12.7. The van der Waals surface area contributed by atoms with Gasteiger partial charge in [-0.05, 0) is 38.0 Å². The van der Waals surface area contributed by atoms with Gasteiger partial charge in [0.15, 0.2) is 0 Å². The van der Waals surface area contributed by atoms with E-state index in [0.717, 1.165) is 48.6 Å². The molecular weight excluding hydrogens is 331 g/mol. The zero-order valence-corrected chi connectivity index (χ0v) is 14.7. The molecule has 1 saturated heterocycles. The third-order valence-corrected chi connectivity index (χ3v) is 4.75. The highest BCUT2D eigenvalue weighted by Crippen LogP contribution is 2.28.